The summed E-state index contributed by atoms with van der Waals surface area (Å²) in [5, 5.41) is 12.2. The van der Waals surface area contributed by atoms with Crippen LogP contribution in [0.15, 0.2) is 53.4 Å². The Morgan fingerprint density at radius 1 is 1.03 bits per heavy atom. The zero-order chi connectivity index (χ0) is 23.9. The highest BCUT2D eigenvalue weighted by Gasteiger charge is 2.20. The second kappa shape index (κ2) is 10.9. The number of hydrogen-bond acceptors (Lipinski definition) is 6. The first-order valence-electron chi connectivity index (χ1n) is 10.3. The lowest BCUT2D eigenvalue weighted by atomic mass is 10.1. The minimum Gasteiger partial charge on any atom is -0.393 e. The normalized spacial score (nSPS) is 12.9. The summed E-state index contributed by atoms with van der Waals surface area (Å²) in [7, 11) is -5.65. The molecule has 0 saturated heterocycles. The number of anilines is 2. The fourth-order valence-electron chi connectivity index (χ4n) is 3.06. The van der Waals surface area contributed by atoms with Gasteiger partial charge in [-0.2, -0.15) is 0 Å². The number of nitrogens with zero attached hydrogens (tertiary/aromatic N) is 1. The Kier molecular flexibility index (Phi) is 8.82. The van der Waals surface area contributed by atoms with Gasteiger partial charge in [-0.1, -0.05) is 19.1 Å². The standard InChI is InChI=1S/C22H30N2O6S2/c1-4-18(25)9-7-8-16-32(29,30)19-14-12-17(13-15-19)23-22(26)20-10-5-6-11-21(20)24(2)31(3,27)28/h5-6,10-15,18,25H,4,7-9,16H2,1-3H3,(H,23,26). The van der Waals surface area contributed by atoms with E-state index in [9.17, 15) is 26.7 Å². The Morgan fingerprint density at radius 2 is 1.66 bits per heavy atom. The number of benzene rings is 2. The van der Waals surface area contributed by atoms with Gasteiger partial charge in [0.15, 0.2) is 9.84 Å². The average molecular weight is 483 g/mol. The Morgan fingerprint density at radius 3 is 2.25 bits per heavy atom. The van der Waals surface area contributed by atoms with E-state index in [0.717, 1.165) is 10.6 Å². The van der Waals surface area contributed by atoms with Crippen LogP contribution in [0.3, 0.4) is 0 Å². The van der Waals surface area contributed by atoms with Crippen LogP contribution in [-0.4, -0.2) is 53.0 Å². The van der Waals surface area contributed by atoms with Gasteiger partial charge < -0.3 is 10.4 Å². The van der Waals surface area contributed by atoms with E-state index in [1.165, 1.54) is 43.4 Å². The molecule has 2 N–H and O–H groups in total. The zero-order valence-corrected chi connectivity index (χ0v) is 20.1. The second-order valence-corrected chi connectivity index (χ2v) is 11.7. The van der Waals surface area contributed by atoms with E-state index in [2.05, 4.69) is 5.32 Å². The zero-order valence-electron chi connectivity index (χ0n) is 18.5. The predicted octanol–water partition coefficient (Wildman–Crippen LogP) is 3.05. The molecule has 8 nitrogen and oxygen atoms in total. The molecule has 0 spiro atoms. The molecule has 0 radical (unpaired) electrons. The van der Waals surface area contributed by atoms with Gasteiger partial charge in [0, 0.05) is 12.7 Å². The molecule has 0 saturated carbocycles. The number of unbranched alkanes of at least 4 members (excludes halogenated alkanes) is 1. The highest BCUT2D eigenvalue weighted by Crippen LogP contribution is 2.23. The lowest BCUT2D eigenvalue weighted by Crippen LogP contribution is -2.27. The molecular formula is C22H30N2O6S2. The Labute approximate surface area is 190 Å². The van der Waals surface area contributed by atoms with Crippen molar-refractivity contribution in [3.63, 3.8) is 0 Å². The van der Waals surface area contributed by atoms with Gasteiger partial charge in [0.25, 0.3) is 5.91 Å². The van der Waals surface area contributed by atoms with Crippen LogP contribution in [0.25, 0.3) is 0 Å². The van der Waals surface area contributed by atoms with Crippen LogP contribution in [0.2, 0.25) is 0 Å². The molecule has 1 amide bonds. The molecule has 0 heterocycles. The third-order valence-electron chi connectivity index (χ3n) is 5.13. The van der Waals surface area contributed by atoms with Crippen LogP contribution in [0.1, 0.15) is 43.0 Å². The van der Waals surface area contributed by atoms with Gasteiger partial charge in [-0.3, -0.25) is 9.10 Å². The fourth-order valence-corrected chi connectivity index (χ4v) is 4.94. The maximum absolute atomic E-state index is 12.7. The molecule has 0 bridgehead atoms. The van der Waals surface area contributed by atoms with Gasteiger partial charge in [0.05, 0.1) is 34.3 Å². The summed E-state index contributed by atoms with van der Waals surface area (Å²) in [5.41, 5.74) is 0.795. The van der Waals surface area contributed by atoms with Crippen molar-refractivity contribution in [2.75, 3.05) is 28.7 Å². The lowest BCUT2D eigenvalue weighted by molar-refractivity contribution is 0.102. The van der Waals surface area contributed by atoms with Crippen molar-refractivity contribution in [1.82, 2.24) is 0 Å². The van der Waals surface area contributed by atoms with Crippen molar-refractivity contribution in [3.8, 4) is 0 Å². The van der Waals surface area contributed by atoms with E-state index in [1.807, 2.05) is 6.92 Å². The molecule has 1 atom stereocenters. The first-order chi connectivity index (χ1) is 15.0. The van der Waals surface area contributed by atoms with Crippen LogP contribution in [0.5, 0.6) is 0 Å². The van der Waals surface area contributed by atoms with Crippen LogP contribution in [0, 0.1) is 0 Å². The third-order valence-corrected chi connectivity index (χ3v) is 8.14. The first kappa shape index (κ1) is 25.8. The molecule has 10 heteroatoms. The lowest BCUT2D eigenvalue weighted by Gasteiger charge is -2.19. The number of rotatable bonds is 11. The minimum atomic E-state index is -3.55. The Balaban J connectivity index is 2.08. The van der Waals surface area contributed by atoms with Crippen molar-refractivity contribution in [3.05, 3.63) is 54.1 Å². The number of nitrogens with one attached hydrogen (secondary N) is 1. The molecular weight excluding hydrogens is 452 g/mol. The molecule has 0 fully saturated rings. The quantitative estimate of drug-likeness (QED) is 0.475. The van der Waals surface area contributed by atoms with Gasteiger partial charge in [0.1, 0.15) is 0 Å². The van der Waals surface area contributed by atoms with Crippen LogP contribution in [0.4, 0.5) is 11.4 Å². The molecule has 0 aliphatic carbocycles. The predicted molar refractivity (Wildman–Crippen MR) is 126 cm³/mol. The van der Waals surface area contributed by atoms with Crippen LogP contribution >= 0.6 is 0 Å². The van der Waals surface area contributed by atoms with Crippen LogP contribution in [-0.2, 0) is 19.9 Å². The number of sulfonamides is 1. The van der Waals surface area contributed by atoms with Crippen molar-refractivity contribution in [2.24, 2.45) is 0 Å². The maximum atomic E-state index is 12.7. The summed E-state index contributed by atoms with van der Waals surface area (Å²) in [6.07, 6.45) is 2.96. The van der Waals surface area contributed by atoms with Gasteiger partial charge in [-0.15, -0.1) is 0 Å². The number of aliphatic hydroxyl groups is 1. The number of amides is 1. The number of aliphatic hydroxyl groups excluding tert-OH is 1. The molecule has 2 rings (SSSR count). The average Bonchev–Trinajstić information content (AvgIpc) is 2.75. The largest absolute Gasteiger partial charge is 0.393 e. The first-order valence-corrected chi connectivity index (χ1v) is 13.8. The van der Waals surface area contributed by atoms with Crippen LogP contribution < -0.4 is 9.62 Å². The number of sulfone groups is 1. The number of carbonyl (C=O) groups is 1. The van der Waals surface area contributed by atoms with E-state index < -0.39 is 31.9 Å². The highest BCUT2D eigenvalue weighted by molar-refractivity contribution is 7.92. The summed E-state index contributed by atoms with van der Waals surface area (Å²) in [6.45, 7) is 1.88. The van der Waals surface area contributed by atoms with E-state index >= 15 is 0 Å². The number of carbonyl (C=O) groups excluding carboxylic acids is 1. The van der Waals surface area contributed by atoms with Gasteiger partial charge >= 0.3 is 0 Å². The molecule has 0 aliphatic heterocycles. The molecule has 0 aromatic heterocycles. The summed E-state index contributed by atoms with van der Waals surface area (Å²) in [6, 6.07) is 12.2. The molecule has 32 heavy (non-hydrogen) atoms. The number of hydrogen-bond donors (Lipinski definition) is 2. The van der Waals surface area contributed by atoms with E-state index in [0.29, 0.717) is 31.4 Å². The van der Waals surface area contributed by atoms with Crippen molar-refractivity contribution in [1.29, 1.82) is 0 Å². The summed E-state index contributed by atoms with van der Waals surface area (Å²) < 4.78 is 49.8. The fraction of sp³-hybridized carbons (Fsp3) is 0.409. The molecule has 1 unspecified atom stereocenters. The Hall–Kier alpha value is -2.43. The van der Waals surface area contributed by atoms with Crippen molar-refractivity contribution < 1.29 is 26.7 Å². The minimum absolute atomic E-state index is 0.0135. The third kappa shape index (κ3) is 7.04. The van der Waals surface area contributed by atoms with Crippen molar-refractivity contribution in [2.45, 2.75) is 43.6 Å². The summed E-state index contributed by atoms with van der Waals surface area (Å²) >= 11 is 0. The topological polar surface area (TPSA) is 121 Å². The van der Waals surface area contributed by atoms with E-state index in [4.69, 9.17) is 0 Å². The van der Waals surface area contributed by atoms with Gasteiger partial charge in [-0.25, -0.2) is 16.8 Å². The monoisotopic (exact) mass is 482 g/mol. The van der Waals surface area contributed by atoms with E-state index in [1.54, 1.807) is 12.1 Å². The Bertz CT molecular complexity index is 1130. The molecule has 2 aromatic rings. The maximum Gasteiger partial charge on any atom is 0.257 e. The summed E-state index contributed by atoms with van der Waals surface area (Å²) in [4.78, 5) is 12.9. The second-order valence-electron chi connectivity index (χ2n) is 7.60. The summed E-state index contributed by atoms with van der Waals surface area (Å²) in [5.74, 6) is -0.526. The number of para-hydroxylation sites is 1. The smallest absolute Gasteiger partial charge is 0.257 e. The molecule has 176 valence electrons. The van der Waals surface area contributed by atoms with Crippen molar-refractivity contribution >= 4 is 37.1 Å². The molecule has 2 aromatic carbocycles. The highest BCUT2D eigenvalue weighted by atomic mass is 32.2. The van der Waals surface area contributed by atoms with Gasteiger partial charge in [0.2, 0.25) is 10.0 Å². The SMILES string of the molecule is CCC(O)CCCCS(=O)(=O)c1ccc(NC(=O)c2ccccc2N(C)S(C)(=O)=O)cc1. The molecule has 0 aliphatic rings. The van der Waals surface area contributed by atoms with E-state index in [-0.39, 0.29) is 21.9 Å². The van der Waals surface area contributed by atoms with Gasteiger partial charge in [-0.05, 0) is 62.1 Å².